The molecular weight excluding hydrogens is 272 g/mol. The number of hydrogen-bond donors (Lipinski definition) is 0. The van der Waals surface area contributed by atoms with Crippen LogP contribution in [0.2, 0.25) is 5.02 Å². The molecule has 0 saturated carbocycles. The largest absolute Gasteiger partial charge is 0.491 e. The summed E-state index contributed by atoms with van der Waals surface area (Å²) >= 11 is 6.11. The van der Waals surface area contributed by atoms with Crippen molar-refractivity contribution in [3.63, 3.8) is 0 Å². The number of nitriles is 1. The van der Waals surface area contributed by atoms with E-state index < -0.39 is 0 Å². The number of rotatable bonds is 1. The van der Waals surface area contributed by atoms with Gasteiger partial charge in [0.2, 0.25) is 0 Å². The summed E-state index contributed by atoms with van der Waals surface area (Å²) in [7, 11) is 0. The van der Waals surface area contributed by atoms with Crippen LogP contribution in [0.1, 0.15) is 11.1 Å². The summed E-state index contributed by atoms with van der Waals surface area (Å²) in [6.45, 7) is 2.03. The van der Waals surface area contributed by atoms with E-state index in [0.717, 1.165) is 23.5 Å². The Morgan fingerprint density at radius 2 is 2.00 bits per heavy atom. The fourth-order valence-corrected chi connectivity index (χ4v) is 2.63. The zero-order chi connectivity index (χ0) is 13.9. The molecule has 0 aliphatic carbocycles. The molecule has 0 spiro atoms. The third-order valence-electron chi connectivity index (χ3n) is 3.40. The normalized spacial score (nSPS) is 13.9. The second-order valence-corrected chi connectivity index (χ2v) is 5.03. The van der Waals surface area contributed by atoms with Gasteiger partial charge in [-0.3, -0.25) is 0 Å². The van der Waals surface area contributed by atoms with Crippen molar-refractivity contribution >= 4 is 17.3 Å². The fourth-order valence-electron chi connectivity index (χ4n) is 2.42. The Morgan fingerprint density at radius 1 is 1.15 bits per heavy atom. The summed E-state index contributed by atoms with van der Waals surface area (Å²) < 4.78 is 5.75. The van der Waals surface area contributed by atoms with Crippen LogP contribution >= 0.6 is 11.6 Å². The maximum Gasteiger partial charge on any atom is 0.124 e. The third kappa shape index (κ3) is 2.31. The van der Waals surface area contributed by atoms with Crippen molar-refractivity contribution < 1.29 is 4.74 Å². The van der Waals surface area contributed by atoms with Crippen molar-refractivity contribution in [3.8, 4) is 11.8 Å². The minimum absolute atomic E-state index is 0.489. The molecule has 0 radical (unpaired) electrons. The Bertz CT molecular complexity index is 678. The molecule has 0 N–H and O–H groups in total. The molecule has 4 heteroatoms. The lowest BCUT2D eigenvalue weighted by atomic mass is 10.1. The van der Waals surface area contributed by atoms with Crippen molar-refractivity contribution in [2.45, 2.75) is 6.54 Å². The number of anilines is 1. The van der Waals surface area contributed by atoms with Crippen molar-refractivity contribution in [2.24, 2.45) is 0 Å². The molecule has 0 bridgehead atoms. The minimum Gasteiger partial charge on any atom is -0.491 e. The maximum atomic E-state index is 9.30. The Balaban J connectivity index is 2.00. The van der Waals surface area contributed by atoms with E-state index in [0.29, 0.717) is 23.7 Å². The van der Waals surface area contributed by atoms with Gasteiger partial charge in [0, 0.05) is 12.1 Å². The second-order valence-electron chi connectivity index (χ2n) is 4.62. The number of nitrogens with zero attached hydrogens (tertiary/aromatic N) is 2. The molecule has 0 atom stereocenters. The highest BCUT2D eigenvalue weighted by Crippen LogP contribution is 2.30. The van der Waals surface area contributed by atoms with E-state index in [4.69, 9.17) is 16.3 Å². The number of para-hydroxylation sites is 1. The topological polar surface area (TPSA) is 36.3 Å². The van der Waals surface area contributed by atoms with Gasteiger partial charge in [0.15, 0.2) is 0 Å². The molecule has 3 nitrogen and oxygen atoms in total. The van der Waals surface area contributed by atoms with Crippen molar-refractivity contribution in [3.05, 3.63) is 58.6 Å². The molecule has 3 rings (SSSR count). The predicted molar refractivity (Wildman–Crippen MR) is 79.2 cm³/mol. The molecule has 0 saturated heterocycles. The van der Waals surface area contributed by atoms with Crippen LogP contribution in [0.25, 0.3) is 0 Å². The number of hydrogen-bond acceptors (Lipinski definition) is 3. The Morgan fingerprint density at radius 3 is 2.85 bits per heavy atom. The first kappa shape index (κ1) is 12.8. The van der Waals surface area contributed by atoms with E-state index in [-0.39, 0.29) is 0 Å². The van der Waals surface area contributed by atoms with Gasteiger partial charge in [0.1, 0.15) is 18.4 Å². The first-order valence-electron chi connectivity index (χ1n) is 6.44. The van der Waals surface area contributed by atoms with Gasteiger partial charge < -0.3 is 9.64 Å². The highest BCUT2D eigenvalue weighted by atomic mass is 35.5. The van der Waals surface area contributed by atoms with Crippen LogP contribution < -0.4 is 9.64 Å². The summed E-state index contributed by atoms with van der Waals surface area (Å²) in [4.78, 5) is 2.14. The number of benzene rings is 2. The second kappa shape index (κ2) is 5.44. The smallest absolute Gasteiger partial charge is 0.124 e. The quantitative estimate of drug-likeness (QED) is 0.802. The van der Waals surface area contributed by atoms with Crippen molar-refractivity contribution in [1.82, 2.24) is 0 Å². The first-order chi connectivity index (χ1) is 9.79. The van der Waals surface area contributed by atoms with Gasteiger partial charge in [-0.15, -0.1) is 0 Å². The van der Waals surface area contributed by atoms with E-state index in [1.807, 2.05) is 36.4 Å². The molecule has 20 heavy (non-hydrogen) atoms. The fraction of sp³-hybridized carbons (Fsp3) is 0.188. The molecule has 0 aromatic heterocycles. The highest BCUT2D eigenvalue weighted by molar-refractivity contribution is 6.32. The van der Waals surface area contributed by atoms with E-state index >= 15 is 0 Å². The molecule has 2 aromatic carbocycles. The lowest BCUT2D eigenvalue weighted by Crippen LogP contribution is -2.26. The van der Waals surface area contributed by atoms with Gasteiger partial charge in [0.25, 0.3) is 0 Å². The van der Waals surface area contributed by atoms with Crippen LogP contribution in [-0.4, -0.2) is 13.2 Å². The third-order valence-corrected chi connectivity index (χ3v) is 3.71. The number of fused-ring (bicyclic) bond motifs is 1. The van der Waals surface area contributed by atoms with Gasteiger partial charge in [-0.25, -0.2) is 0 Å². The molecule has 1 aliphatic rings. The molecule has 0 unspecified atom stereocenters. The zero-order valence-corrected chi connectivity index (χ0v) is 11.6. The van der Waals surface area contributed by atoms with Crippen LogP contribution in [0.3, 0.4) is 0 Å². The average molecular weight is 285 g/mol. The highest BCUT2D eigenvalue weighted by Gasteiger charge is 2.18. The molecule has 1 heterocycles. The van der Waals surface area contributed by atoms with E-state index in [9.17, 15) is 5.26 Å². The van der Waals surface area contributed by atoms with Crippen LogP contribution in [0.15, 0.2) is 42.5 Å². The molecule has 2 aromatic rings. The maximum absolute atomic E-state index is 9.30. The molecule has 1 aliphatic heterocycles. The lowest BCUT2D eigenvalue weighted by molar-refractivity contribution is 0.331. The lowest BCUT2D eigenvalue weighted by Gasteiger charge is -2.23. The van der Waals surface area contributed by atoms with Crippen LogP contribution in [-0.2, 0) is 6.54 Å². The SMILES string of the molecule is N#Cc1c(Cl)cccc1N1CCOc2ccccc2C1. The van der Waals surface area contributed by atoms with Gasteiger partial charge >= 0.3 is 0 Å². The Labute approximate surface area is 123 Å². The standard InChI is InChI=1S/C16H13ClN2O/c17-14-5-3-6-15(13(14)10-18)19-8-9-20-16-7-2-1-4-12(16)11-19/h1-7H,8-9,11H2. The number of halogens is 1. The van der Waals surface area contributed by atoms with Crippen LogP contribution in [0.5, 0.6) is 5.75 Å². The summed E-state index contributed by atoms with van der Waals surface area (Å²) in [6.07, 6.45) is 0. The molecular formula is C16H13ClN2O. The Hall–Kier alpha value is -2.18. The van der Waals surface area contributed by atoms with E-state index in [1.54, 1.807) is 6.07 Å². The minimum atomic E-state index is 0.489. The number of ether oxygens (including phenoxy) is 1. The molecule has 100 valence electrons. The van der Waals surface area contributed by atoms with Crippen molar-refractivity contribution in [1.29, 1.82) is 5.26 Å². The van der Waals surface area contributed by atoms with E-state index in [2.05, 4.69) is 11.0 Å². The van der Waals surface area contributed by atoms with Crippen LogP contribution in [0.4, 0.5) is 5.69 Å². The zero-order valence-electron chi connectivity index (χ0n) is 10.8. The van der Waals surface area contributed by atoms with Crippen LogP contribution in [0, 0.1) is 11.3 Å². The Kier molecular flexibility index (Phi) is 3.49. The van der Waals surface area contributed by atoms with E-state index in [1.165, 1.54) is 0 Å². The van der Waals surface area contributed by atoms with Gasteiger partial charge in [-0.05, 0) is 18.2 Å². The summed E-state index contributed by atoms with van der Waals surface area (Å²) in [5, 5.41) is 9.79. The van der Waals surface area contributed by atoms with Crippen molar-refractivity contribution in [2.75, 3.05) is 18.1 Å². The monoisotopic (exact) mass is 284 g/mol. The summed E-state index contributed by atoms with van der Waals surface area (Å²) in [5.41, 5.74) is 2.50. The van der Waals surface area contributed by atoms with Gasteiger partial charge in [-0.1, -0.05) is 35.9 Å². The summed E-state index contributed by atoms with van der Waals surface area (Å²) in [6, 6.07) is 15.7. The van der Waals surface area contributed by atoms with Gasteiger partial charge in [-0.2, -0.15) is 5.26 Å². The average Bonchev–Trinajstić information content (AvgIpc) is 2.69. The predicted octanol–water partition coefficient (Wildman–Crippen LogP) is 3.61. The molecule has 0 amide bonds. The molecule has 0 fully saturated rings. The van der Waals surface area contributed by atoms with Gasteiger partial charge in [0.05, 0.1) is 22.8 Å². The summed E-state index contributed by atoms with van der Waals surface area (Å²) in [5.74, 6) is 0.913. The first-order valence-corrected chi connectivity index (χ1v) is 6.81.